The number of benzene rings is 2. The lowest BCUT2D eigenvalue weighted by Gasteiger charge is -2.35. The molecule has 0 fully saturated rings. The molecule has 3 amide bonds. The Kier molecular flexibility index (Phi) is 6.19. The number of carboxylic acids is 1. The number of halogens is 6. The van der Waals surface area contributed by atoms with Crippen LogP contribution in [0.4, 0.5) is 33.7 Å². The largest absolute Gasteiger partial charge is 0.478 e. The van der Waals surface area contributed by atoms with Gasteiger partial charge in [-0.2, -0.15) is 13.2 Å². The first kappa shape index (κ1) is 25.7. The first-order valence-corrected chi connectivity index (χ1v) is 11.6. The number of amides is 3. The van der Waals surface area contributed by atoms with Crippen molar-refractivity contribution in [2.24, 2.45) is 0 Å². The molecular formula is C24H14Cl2F4N4O4. The second-order valence-electron chi connectivity index (χ2n) is 8.51. The zero-order valence-electron chi connectivity index (χ0n) is 18.8. The Hall–Kier alpha value is -3.90. The van der Waals surface area contributed by atoms with Crippen molar-refractivity contribution in [1.82, 2.24) is 10.3 Å². The summed E-state index contributed by atoms with van der Waals surface area (Å²) < 4.78 is 53.6. The maximum Gasteiger partial charge on any atom is 0.416 e. The molecule has 5 rings (SSSR count). The number of anilines is 2. The lowest BCUT2D eigenvalue weighted by atomic mass is 9.89. The molecule has 1 aromatic heterocycles. The van der Waals surface area contributed by atoms with E-state index in [1.807, 2.05) is 0 Å². The number of aromatic carboxylic acids is 1. The monoisotopic (exact) mass is 568 g/mol. The maximum absolute atomic E-state index is 14.0. The average Bonchev–Trinajstić information content (AvgIpc) is 3.28. The van der Waals surface area contributed by atoms with Crippen LogP contribution in [0, 0.1) is 5.82 Å². The molecule has 1 unspecified atom stereocenters. The van der Waals surface area contributed by atoms with Crippen LogP contribution in [0.1, 0.15) is 49.0 Å². The Morgan fingerprint density at radius 2 is 1.89 bits per heavy atom. The van der Waals surface area contributed by atoms with Crippen molar-refractivity contribution in [3.8, 4) is 0 Å². The van der Waals surface area contributed by atoms with Crippen LogP contribution >= 0.6 is 23.2 Å². The first-order valence-electron chi connectivity index (χ1n) is 10.9. The average molecular weight is 569 g/mol. The first-order chi connectivity index (χ1) is 17.8. The molecule has 2 aliphatic heterocycles. The van der Waals surface area contributed by atoms with E-state index in [9.17, 15) is 37.1 Å². The number of alkyl halides is 3. The summed E-state index contributed by atoms with van der Waals surface area (Å²) in [5.74, 6) is -3.78. The van der Waals surface area contributed by atoms with E-state index in [0.29, 0.717) is 17.7 Å². The molecule has 0 aliphatic carbocycles. The summed E-state index contributed by atoms with van der Waals surface area (Å²) in [6.07, 6.45) is -3.48. The van der Waals surface area contributed by atoms with Gasteiger partial charge in [-0.3, -0.25) is 9.69 Å². The van der Waals surface area contributed by atoms with Gasteiger partial charge in [-0.15, -0.1) is 0 Å². The molecule has 3 heterocycles. The zero-order chi connectivity index (χ0) is 27.5. The number of rotatable bonds is 4. The molecule has 0 saturated carbocycles. The van der Waals surface area contributed by atoms with Crippen LogP contribution in [0.25, 0.3) is 0 Å². The summed E-state index contributed by atoms with van der Waals surface area (Å²) in [5.41, 5.74) is -1.34. The number of hydrogen-bond acceptors (Lipinski definition) is 4. The lowest BCUT2D eigenvalue weighted by Crippen LogP contribution is -2.46. The van der Waals surface area contributed by atoms with E-state index < -0.39 is 47.1 Å². The van der Waals surface area contributed by atoms with Gasteiger partial charge in [0, 0.05) is 35.1 Å². The molecule has 0 radical (unpaired) electrons. The van der Waals surface area contributed by atoms with E-state index in [2.05, 4.69) is 15.6 Å². The minimum absolute atomic E-state index is 0.0323. The Morgan fingerprint density at radius 1 is 1.16 bits per heavy atom. The predicted octanol–water partition coefficient (Wildman–Crippen LogP) is 5.67. The third-order valence-electron chi connectivity index (χ3n) is 6.23. The van der Waals surface area contributed by atoms with E-state index in [1.165, 1.54) is 17.2 Å². The third-order valence-corrected chi connectivity index (χ3v) is 6.75. The Balaban J connectivity index is 1.70. The molecule has 2 aliphatic rings. The van der Waals surface area contributed by atoms with Crippen LogP contribution in [0.2, 0.25) is 10.2 Å². The smallest absolute Gasteiger partial charge is 0.416 e. The molecule has 0 saturated heterocycles. The molecule has 196 valence electrons. The predicted molar refractivity (Wildman–Crippen MR) is 128 cm³/mol. The van der Waals surface area contributed by atoms with Crippen LogP contribution < -0.4 is 15.5 Å². The van der Waals surface area contributed by atoms with Gasteiger partial charge in [0.15, 0.2) is 0 Å². The number of carbonyl (C=O) groups is 3. The normalized spacial score (nSPS) is 16.2. The minimum Gasteiger partial charge on any atom is -0.478 e. The number of carboxylic acid groups (broad SMARTS) is 1. The fourth-order valence-electron chi connectivity index (χ4n) is 4.65. The molecule has 38 heavy (non-hydrogen) atoms. The second kappa shape index (κ2) is 9.14. The summed E-state index contributed by atoms with van der Waals surface area (Å²) in [6.45, 7) is 0.141. The fourth-order valence-corrected chi connectivity index (χ4v) is 5.03. The highest BCUT2D eigenvalue weighted by molar-refractivity contribution is 6.33. The van der Waals surface area contributed by atoms with Gasteiger partial charge in [0.25, 0.3) is 5.91 Å². The van der Waals surface area contributed by atoms with Gasteiger partial charge in [0.05, 0.1) is 27.9 Å². The number of hydrogen-bond donors (Lipinski definition) is 3. The Morgan fingerprint density at radius 3 is 2.58 bits per heavy atom. The van der Waals surface area contributed by atoms with Crippen molar-refractivity contribution in [2.75, 3.05) is 16.8 Å². The number of carbonyl (C=O) groups excluding carboxylic acids is 2. The van der Waals surface area contributed by atoms with Crippen LogP contribution in [0.5, 0.6) is 0 Å². The molecule has 14 heteroatoms. The molecule has 0 spiro atoms. The minimum atomic E-state index is -4.92. The molecule has 2 aromatic carbocycles. The highest BCUT2D eigenvalue weighted by Crippen LogP contribution is 2.48. The van der Waals surface area contributed by atoms with Gasteiger partial charge in [-0.1, -0.05) is 23.2 Å². The van der Waals surface area contributed by atoms with Gasteiger partial charge in [-0.25, -0.2) is 19.0 Å². The summed E-state index contributed by atoms with van der Waals surface area (Å²) in [7, 11) is 0. The van der Waals surface area contributed by atoms with Crippen molar-refractivity contribution in [3.05, 3.63) is 85.9 Å². The SMILES string of the molecule is O=C(Nc1cc(C(=O)O)c2c3c1C(c1cc(Cl)ncc1Cl)NC(=O)N3CC2)c1cc(F)cc(C(F)(F)F)c1. The van der Waals surface area contributed by atoms with Gasteiger partial charge < -0.3 is 15.7 Å². The quantitative estimate of drug-likeness (QED) is 0.277. The number of urea groups is 1. The summed E-state index contributed by atoms with van der Waals surface area (Å²) in [5, 5.41) is 15.1. The third kappa shape index (κ3) is 4.39. The van der Waals surface area contributed by atoms with E-state index in [4.69, 9.17) is 23.2 Å². The van der Waals surface area contributed by atoms with E-state index in [1.54, 1.807) is 0 Å². The number of nitrogens with one attached hydrogen (secondary N) is 2. The summed E-state index contributed by atoms with van der Waals surface area (Å²) >= 11 is 12.4. The number of aromatic nitrogens is 1. The van der Waals surface area contributed by atoms with Crippen LogP contribution in [0.3, 0.4) is 0 Å². The maximum atomic E-state index is 14.0. The highest BCUT2D eigenvalue weighted by Gasteiger charge is 2.41. The molecule has 3 aromatic rings. The molecule has 8 nitrogen and oxygen atoms in total. The van der Waals surface area contributed by atoms with Gasteiger partial charge >= 0.3 is 18.2 Å². The number of nitrogens with zero attached hydrogens (tertiary/aromatic N) is 2. The standard InChI is InChI=1S/C24H14Cl2F4N4O4/c25-15-8-31-17(26)7-14(15)19-18-16(32-21(35)9-3-10(24(28,29)30)5-11(27)4-9)6-13(22(36)37)12-1-2-34(20(12)18)23(38)33-19/h3-8,19H,1-2H2,(H,32,35)(H,33,38)(H,36,37). The van der Waals surface area contributed by atoms with Crippen molar-refractivity contribution in [1.29, 1.82) is 0 Å². The van der Waals surface area contributed by atoms with Gasteiger partial charge in [-0.05, 0) is 42.3 Å². The van der Waals surface area contributed by atoms with Crippen molar-refractivity contribution < 1.29 is 37.1 Å². The Bertz CT molecular complexity index is 1550. The lowest BCUT2D eigenvalue weighted by molar-refractivity contribution is -0.137. The van der Waals surface area contributed by atoms with E-state index >= 15 is 0 Å². The van der Waals surface area contributed by atoms with Crippen LogP contribution in [-0.4, -0.2) is 34.5 Å². The van der Waals surface area contributed by atoms with Gasteiger partial charge in [0.2, 0.25) is 0 Å². The molecular weight excluding hydrogens is 555 g/mol. The molecule has 1 atom stereocenters. The highest BCUT2D eigenvalue weighted by atomic mass is 35.5. The van der Waals surface area contributed by atoms with E-state index in [-0.39, 0.29) is 57.3 Å². The van der Waals surface area contributed by atoms with Crippen molar-refractivity contribution in [2.45, 2.75) is 18.6 Å². The second-order valence-corrected chi connectivity index (χ2v) is 9.31. The van der Waals surface area contributed by atoms with Crippen LogP contribution in [0.15, 0.2) is 36.5 Å². The molecule has 0 bridgehead atoms. The van der Waals surface area contributed by atoms with Crippen LogP contribution in [-0.2, 0) is 12.6 Å². The zero-order valence-corrected chi connectivity index (χ0v) is 20.3. The fraction of sp³-hybridized carbons (Fsp3) is 0.167. The van der Waals surface area contributed by atoms with Gasteiger partial charge in [0.1, 0.15) is 11.0 Å². The summed E-state index contributed by atoms with van der Waals surface area (Å²) in [6, 6.07) is 2.25. The van der Waals surface area contributed by atoms with Crippen molar-refractivity contribution in [3.63, 3.8) is 0 Å². The molecule has 3 N–H and O–H groups in total. The summed E-state index contributed by atoms with van der Waals surface area (Å²) in [4.78, 5) is 43.3. The number of pyridine rings is 1. The topological polar surface area (TPSA) is 112 Å². The van der Waals surface area contributed by atoms with Crippen molar-refractivity contribution >= 4 is 52.5 Å². The Labute approximate surface area is 221 Å². The van der Waals surface area contributed by atoms with E-state index in [0.717, 1.165) is 6.07 Å².